The summed E-state index contributed by atoms with van der Waals surface area (Å²) in [7, 11) is 5.58. The number of nitrogens with zero attached hydrogens (tertiary/aromatic N) is 1. The van der Waals surface area contributed by atoms with Crippen molar-refractivity contribution in [2.24, 2.45) is 0 Å². The molecule has 1 aliphatic heterocycles. The largest absolute Gasteiger partial charge is 0.497 e. The monoisotopic (exact) mass is 312 g/mol. The van der Waals surface area contributed by atoms with Gasteiger partial charge in [0.15, 0.2) is 0 Å². The zero-order chi connectivity index (χ0) is 16.3. The van der Waals surface area contributed by atoms with E-state index in [0.29, 0.717) is 0 Å². The molecule has 0 spiro atoms. The van der Waals surface area contributed by atoms with Crippen LogP contribution in [0.3, 0.4) is 0 Å². The van der Waals surface area contributed by atoms with E-state index in [9.17, 15) is 0 Å². The molecule has 0 aromatic heterocycles. The van der Waals surface area contributed by atoms with Crippen LogP contribution in [0.25, 0.3) is 0 Å². The van der Waals surface area contributed by atoms with Crippen molar-refractivity contribution in [1.29, 1.82) is 0 Å². The molecule has 0 bridgehead atoms. The summed E-state index contributed by atoms with van der Waals surface area (Å²) in [5, 5.41) is 3.56. The standard InChI is InChI=1S/C19H24N2O2/c1-21-13-12-20-14-19(21,15-4-8-17(22-2)9-5-15)16-6-10-18(23-3)11-7-16/h4-11,20H,12-14H2,1-3H3. The Balaban J connectivity index is 2.08. The molecular weight excluding hydrogens is 288 g/mol. The molecule has 0 radical (unpaired) electrons. The van der Waals surface area contributed by atoms with Gasteiger partial charge in [0.1, 0.15) is 11.5 Å². The van der Waals surface area contributed by atoms with E-state index in [1.165, 1.54) is 11.1 Å². The second-order valence-electron chi connectivity index (χ2n) is 5.92. The molecule has 4 nitrogen and oxygen atoms in total. The third-order valence-corrected chi connectivity index (χ3v) is 4.79. The molecule has 0 unspecified atom stereocenters. The Bertz CT molecular complexity index is 590. The zero-order valence-corrected chi connectivity index (χ0v) is 14.0. The van der Waals surface area contributed by atoms with Crippen molar-refractivity contribution in [2.45, 2.75) is 5.54 Å². The highest BCUT2D eigenvalue weighted by molar-refractivity contribution is 5.43. The van der Waals surface area contributed by atoms with Crippen LogP contribution >= 0.6 is 0 Å². The minimum absolute atomic E-state index is 0.184. The molecule has 0 atom stereocenters. The highest BCUT2D eigenvalue weighted by Gasteiger charge is 2.40. The van der Waals surface area contributed by atoms with Gasteiger partial charge in [-0.3, -0.25) is 4.90 Å². The minimum atomic E-state index is -0.184. The Labute approximate surface area is 138 Å². The molecule has 1 N–H and O–H groups in total. The van der Waals surface area contributed by atoms with Crippen molar-refractivity contribution in [2.75, 3.05) is 40.9 Å². The maximum absolute atomic E-state index is 5.31. The highest BCUT2D eigenvalue weighted by Crippen LogP contribution is 2.37. The molecule has 1 aliphatic rings. The molecule has 1 heterocycles. The number of rotatable bonds is 4. The third kappa shape index (κ3) is 2.80. The number of methoxy groups -OCH3 is 2. The van der Waals surface area contributed by atoms with Crippen molar-refractivity contribution in [3.05, 3.63) is 59.7 Å². The van der Waals surface area contributed by atoms with Gasteiger partial charge < -0.3 is 14.8 Å². The van der Waals surface area contributed by atoms with Gasteiger partial charge >= 0.3 is 0 Å². The molecule has 1 saturated heterocycles. The van der Waals surface area contributed by atoms with Crippen LogP contribution in [0.2, 0.25) is 0 Å². The lowest BCUT2D eigenvalue weighted by Gasteiger charge is -2.46. The number of benzene rings is 2. The van der Waals surface area contributed by atoms with Crippen LogP contribution in [0.5, 0.6) is 11.5 Å². The van der Waals surface area contributed by atoms with E-state index in [2.05, 4.69) is 41.5 Å². The molecule has 3 rings (SSSR count). The number of ether oxygens (including phenoxy) is 2. The van der Waals surface area contributed by atoms with Crippen molar-refractivity contribution in [3.8, 4) is 11.5 Å². The number of nitrogens with one attached hydrogen (secondary N) is 1. The second-order valence-corrected chi connectivity index (χ2v) is 5.92. The molecule has 4 heteroatoms. The van der Waals surface area contributed by atoms with E-state index in [0.717, 1.165) is 31.1 Å². The van der Waals surface area contributed by atoms with Crippen LogP contribution in [0, 0.1) is 0 Å². The van der Waals surface area contributed by atoms with Crippen LogP contribution in [0.4, 0.5) is 0 Å². The van der Waals surface area contributed by atoms with Gasteiger partial charge in [0, 0.05) is 19.6 Å². The topological polar surface area (TPSA) is 33.7 Å². The summed E-state index contributed by atoms with van der Waals surface area (Å²) >= 11 is 0. The van der Waals surface area contributed by atoms with E-state index in [1.807, 2.05) is 24.3 Å². The van der Waals surface area contributed by atoms with Crippen molar-refractivity contribution in [1.82, 2.24) is 10.2 Å². The first-order chi connectivity index (χ1) is 11.2. The number of piperazine rings is 1. The fraction of sp³-hybridized carbons (Fsp3) is 0.368. The first-order valence-electron chi connectivity index (χ1n) is 7.92. The van der Waals surface area contributed by atoms with E-state index < -0.39 is 0 Å². The second kappa shape index (κ2) is 6.60. The van der Waals surface area contributed by atoms with Crippen LogP contribution in [-0.2, 0) is 5.54 Å². The van der Waals surface area contributed by atoms with Crippen molar-refractivity contribution in [3.63, 3.8) is 0 Å². The van der Waals surface area contributed by atoms with Gasteiger partial charge in [0.25, 0.3) is 0 Å². The lowest BCUT2D eigenvalue weighted by Crippen LogP contribution is -2.58. The van der Waals surface area contributed by atoms with Crippen LogP contribution in [0.15, 0.2) is 48.5 Å². The Morgan fingerprint density at radius 2 is 1.35 bits per heavy atom. The summed E-state index contributed by atoms with van der Waals surface area (Å²) in [5.41, 5.74) is 2.34. The smallest absolute Gasteiger partial charge is 0.118 e. The van der Waals surface area contributed by atoms with Gasteiger partial charge in [-0.25, -0.2) is 0 Å². The Hall–Kier alpha value is -2.04. The van der Waals surface area contributed by atoms with Gasteiger partial charge in [0.2, 0.25) is 0 Å². The van der Waals surface area contributed by atoms with Crippen molar-refractivity contribution >= 4 is 0 Å². The number of hydrogen-bond donors (Lipinski definition) is 1. The maximum atomic E-state index is 5.31. The lowest BCUT2D eigenvalue weighted by molar-refractivity contribution is 0.124. The molecule has 0 saturated carbocycles. The van der Waals surface area contributed by atoms with E-state index >= 15 is 0 Å². The first kappa shape index (κ1) is 15.8. The highest BCUT2D eigenvalue weighted by atomic mass is 16.5. The summed E-state index contributed by atoms with van der Waals surface area (Å²) in [6.45, 7) is 2.88. The quantitative estimate of drug-likeness (QED) is 0.940. The molecule has 122 valence electrons. The summed E-state index contributed by atoms with van der Waals surface area (Å²) in [4.78, 5) is 2.42. The summed E-state index contributed by atoms with van der Waals surface area (Å²) in [6, 6.07) is 16.8. The summed E-state index contributed by atoms with van der Waals surface area (Å²) in [6.07, 6.45) is 0. The molecule has 1 fully saturated rings. The average Bonchev–Trinajstić information content (AvgIpc) is 2.62. The molecule has 0 aliphatic carbocycles. The lowest BCUT2D eigenvalue weighted by atomic mass is 9.80. The molecule has 23 heavy (non-hydrogen) atoms. The number of hydrogen-bond acceptors (Lipinski definition) is 4. The molecule has 2 aromatic carbocycles. The maximum Gasteiger partial charge on any atom is 0.118 e. The SMILES string of the molecule is COc1ccc(C2(c3ccc(OC)cc3)CNCCN2C)cc1. The van der Waals surface area contributed by atoms with Gasteiger partial charge in [-0.05, 0) is 42.4 Å². The molecule has 2 aromatic rings. The first-order valence-corrected chi connectivity index (χ1v) is 7.92. The normalized spacial score (nSPS) is 17.7. The van der Waals surface area contributed by atoms with E-state index in [4.69, 9.17) is 9.47 Å². The fourth-order valence-electron chi connectivity index (χ4n) is 3.39. The zero-order valence-electron chi connectivity index (χ0n) is 14.0. The molecular formula is C19H24N2O2. The van der Waals surface area contributed by atoms with Gasteiger partial charge in [-0.1, -0.05) is 24.3 Å². The van der Waals surface area contributed by atoms with Crippen LogP contribution in [0.1, 0.15) is 11.1 Å². The van der Waals surface area contributed by atoms with Gasteiger partial charge in [-0.2, -0.15) is 0 Å². The summed E-state index contributed by atoms with van der Waals surface area (Å²) in [5.74, 6) is 1.76. The Morgan fingerprint density at radius 1 is 0.870 bits per heavy atom. The van der Waals surface area contributed by atoms with E-state index in [-0.39, 0.29) is 5.54 Å². The predicted molar refractivity (Wildman–Crippen MR) is 92.3 cm³/mol. The Kier molecular flexibility index (Phi) is 4.55. The van der Waals surface area contributed by atoms with Crippen LogP contribution in [-0.4, -0.2) is 45.8 Å². The minimum Gasteiger partial charge on any atom is -0.497 e. The molecule has 0 amide bonds. The van der Waals surface area contributed by atoms with E-state index in [1.54, 1.807) is 14.2 Å². The predicted octanol–water partition coefficient (Wildman–Crippen LogP) is 2.48. The van der Waals surface area contributed by atoms with Crippen LogP contribution < -0.4 is 14.8 Å². The van der Waals surface area contributed by atoms with Crippen molar-refractivity contribution < 1.29 is 9.47 Å². The van der Waals surface area contributed by atoms with Gasteiger partial charge in [0.05, 0.1) is 19.8 Å². The Morgan fingerprint density at radius 3 is 1.74 bits per heavy atom. The third-order valence-electron chi connectivity index (χ3n) is 4.79. The van der Waals surface area contributed by atoms with Gasteiger partial charge in [-0.15, -0.1) is 0 Å². The number of likely N-dealkylation sites (N-methyl/N-ethyl adjacent to an activating group) is 1. The summed E-state index contributed by atoms with van der Waals surface area (Å²) < 4.78 is 10.6. The average molecular weight is 312 g/mol. The fourth-order valence-corrected chi connectivity index (χ4v) is 3.39.